The number of carbonyl (C=O) groups is 1. The van der Waals surface area contributed by atoms with Gasteiger partial charge in [-0.3, -0.25) is 4.79 Å². The van der Waals surface area contributed by atoms with Crippen molar-refractivity contribution in [1.82, 2.24) is 5.32 Å². The second-order valence-corrected chi connectivity index (χ2v) is 5.55. The first-order chi connectivity index (χ1) is 6.84. The Balaban J connectivity index is 3.95. The third-order valence-corrected chi connectivity index (χ3v) is 2.84. The Morgan fingerprint density at radius 2 is 1.47 bits per heavy atom. The standard InChI is InChI=1S/C13H27NO/c1-9(2)7-13(15)14-8-12(10(3)4)11(5)6/h9-12H,7-8H2,1-6H3,(H,14,15). The molecule has 2 nitrogen and oxygen atoms in total. The third-order valence-electron chi connectivity index (χ3n) is 2.84. The molecular formula is C13H27NO. The van der Waals surface area contributed by atoms with Crippen molar-refractivity contribution >= 4 is 5.91 Å². The highest BCUT2D eigenvalue weighted by molar-refractivity contribution is 5.76. The minimum absolute atomic E-state index is 0.191. The van der Waals surface area contributed by atoms with Crippen LogP contribution in [0.1, 0.15) is 48.0 Å². The van der Waals surface area contributed by atoms with E-state index in [0.29, 0.717) is 30.1 Å². The summed E-state index contributed by atoms with van der Waals surface area (Å²) >= 11 is 0. The van der Waals surface area contributed by atoms with Crippen LogP contribution in [0.2, 0.25) is 0 Å². The first-order valence-corrected chi connectivity index (χ1v) is 6.11. The topological polar surface area (TPSA) is 29.1 Å². The zero-order valence-electron chi connectivity index (χ0n) is 11.1. The molecule has 2 heteroatoms. The maximum atomic E-state index is 11.5. The molecule has 0 aromatic heterocycles. The molecule has 0 fully saturated rings. The summed E-state index contributed by atoms with van der Waals surface area (Å²) in [5, 5.41) is 3.04. The molecule has 0 spiro atoms. The van der Waals surface area contributed by atoms with E-state index in [1.165, 1.54) is 0 Å². The van der Waals surface area contributed by atoms with Crippen LogP contribution in [0.4, 0.5) is 0 Å². The van der Waals surface area contributed by atoms with Crippen LogP contribution in [0.25, 0.3) is 0 Å². The van der Waals surface area contributed by atoms with E-state index in [9.17, 15) is 4.79 Å². The molecule has 0 bridgehead atoms. The molecule has 0 saturated heterocycles. The Labute approximate surface area is 94.8 Å². The van der Waals surface area contributed by atoms with Crippen LogP contribution >= 0.6 is 0 Å². The summed E-state index contributed by atoms with van der Waals surface area (Å²) in [5.41, 5.74) is 0. The molecule has 0 aromatic carbocycles. The van der Waals surface area contributed by atoms with Crippen LogP contribution in [0.15, 0.2) is 0 Å². The van der Waals surface area contributed by atoms with Crippen LogP contribution in [0.3, 0.4) is 0 Å². The molecule has 0 aliphatic rings. The van der Waals surface area contributed by atoms with E-state index in [2.05, 4.69) is 46.9 Å². The van der Waals surface area contributed by atoms with Gasteiger partial charge in [-0.2, -0.15) is 0 Å². The lowest BCUT2D eigenvalue weighted by molar-refractivity contribution is -0.122. The average Bonchev–Trinajstić information content (AvgIpc) is 2.00. The van der Waals surface area contributed by atoms with Gasteiger partial charge < -0.3 is 5.32 Å². The van der Waals surface area contributed by atoms with E-state index in [-0.39, 0.29) is 5.91 Å². The lowest BCUT2D eigenvalue weighted by Crippen LogP contribution is -2.34. The van der Waals surface area contributed by atoms with Crippen molar-refractivity contribution in [3.05, 3.63) is 0 Å². The fourth-order valence-corrected chi connectivity index (χ4v) is 1.92. The zero-order valence-corrected chi connectivity index (χ0v) is 11.1. The van der Waals surface area contributed by atoms with Crippen LogP contribution in [-0.2, 0) is 4.79 Å². The van der Waals surface area contributed by atoms with E-state index < -0.39 is 0 Å². The largest absolute Gasteiger partial charge is 0.356 e. The van der Waals surface area contributed by atoms with Gasteiger partial charge in [0.2, 0.25) is 5.91 Å². The number of rotatable bonds is 6. The molecular weight excluding hydrogens is 186 g/mol. The first-order valence-electron chi connectivity index (χ1n) is 6.11. The molecule has 0 aliphatic heterocycles. The van der Waals surface area contributed by atoms with Crippen molar-refractivity contribution in [1.29, 1.82) is 0 Å². The number of hydrogen-bond donors (Lipinski definition) is 1. The van der Waals surface area contributed by atoms with Gasteiger partial charge in [-0.15, -0.1) is 0 Å². The van der Waals surface area contributed by atoms with Gasteiger partial charge in [0, 0.05) is 13.0 Å². The van der Waals surface area contributed by atoms with Crippen LogP contribution < -0.4 is 5.32 Å². The van der Waals surface area contributed by atoms with E-state index in [1.54, 1.807) is 0 Å². The Bertz CT molecular complexity index is 177. The minimum atomic E-state index is 0.191. The quantitative estimate of drug-likeness (QED) is 0.722. The van der Waals surface area contributed by atoms with Crippen molar-refractivity contribution in [2.75, 3.05) is 6.54 Å². The average molecular weight is 213 g/mol. The second kappa shape index (κ2) is 6.86. The van der Waals surface area contributed by atoms with Gasteiger partial charge >= 0.3 is 0 Å². The van der Waals surface area contributed by atoms with E-state index in [4.69, 9.17) is 0 Å². The molecule has 0 aliphatic carbocycles. The lowest BCUT2D eigenvalue weighted by atomic mass is 9.85. The molecule has 1 amide bonds. The maximum absolute atomic E-state index is 11.5. The Morgan fingerprint density at radius 1 is 1.00 bits per heavy atom. The van der Waals surface area contributed by atoms with Crippen LogP contribution in [0, 0.1) is 23.7 Å². The fourth-order valence-electron chi connectivity index (χ4n) is 1.92. The van der Waals surface area contributed by atoms with Crippen molar-refractivity contribution in [2.45, 2.75) is 48.0 Å². The Morgan fingerprint density at radius 3 is 1.80 bits per heavy atom. The predicted molar refractivity (Wildman–Crippen MR) is 65.6 cm³/mol. The molecule has 0 atom stereocenters. The van der Waals surface area contributed by atoms with Crippen molar-refractivity contribution in [2.24, 2.45) is 23.7 Å². The molecule has 1 N–H and O–H groups in total. The van der Waals surface area contributed by atoms with Gasteiger partial charge in [0.1, 0.15) is 0 Å². The highest BCUT2D eigenvalue weighted by Gasteiger charge is 2.18. The molecule has 0 unspecified atom stereocenters. The summed E-state index contributed by atoms with van der Waals surface area (Å²) in [7, 11) is 0. The molecule has 0 saturated carbocycles. The molecule has 0 radical (unpaired) electrons. The fraction of sp³-hybridized carbons (Fsp3) is 0.923. The van der Waals surface area contributed by atoms with Gasteiger partial charge in [0.25, 0.3) is 0 Å². The monoisotopic (exact) mass is 213 g/mol. The minimum Gasteiger partial charge on any atom is -0.356 e. The SMILES string of the molecule is CC(C)CC(=O)NCC(C(C)C)C(C)C. The smallest absolute Gasteiger partial charge is 0.220 e. The van der Waals surface area contributed by atoms with Gasteiger partial charge in [-0.05, 0) is 23.7 Å². The first kappa shape index (κ1) is 14.5. The number of amides is 1. The summed E-state index contributed by atoms with van der Waals surface area (Å²) in [6.07, 6.45) is 0.642. The summed E-state index contributed by atoms with van der Waals surface area (Å²) in [6.45, 7) is 13.8. The van der Waals surface area contributed by atoms with Crippen molar-refractivity contribution < 1.29 is 4.79 Å². The van der Waals surface area contributed by atoms with Gasteiger partial charge in [-0.1, -0.05) is 41.5 Å². The number of hydrogen-bond acceptors (Lipinski definition) is 1. The molecule has 0 rings (SSSR count). The predicted octanol–water partition coefficient (Wildman–Crippen LogP) is 3.08. The van der Waals surface area contributed by atoms with Crippen LogP contribution in [-0.4, -0.2) is 12.5 Å². The summed E-state index contributed by atoms with van der Waals surface area (Å²) in [6, 6.07) is 0. The van der Waals surface area contributed by atoms with Gasteiger partial charge in [0.05, 0.1) is 0 Å². The van der Waals surface area contributed by atoms with Gasteiger partial charge in [0.15, 0.2) is 0 Å². The molecule has 0 heterocycles. The van der Waals surface area contributed by atoms with Crippen molar-refractivity contribution in [3.63, 3.8) is 0 Å². The molecule has 0 aromatic rings. The van der Waals surface area contributed by atoms with Crippen LogP contribution in [0.5, 0.6) is 0 Å². The maximum Gasteiger partial charge on any atom is 0.220 e. The van der Waals surface area contributed by atoms with Crippen molar-refractivity contribution in [3.8, 4) is 0 Å². The summed E-state index contributed by atoms with van der Waals surface area (Å²) < 4.78 is 0. The van der Waals surface area contributed by atoms with Gasteiger partial charge in [-0.25, -0.2) is 0 Å². The molecule has 15 heavy (non-hydrogen) atoms. The highest BCUT2D eigenvalue weighted by atomic mass is 16.1. The molecule has 90 valence electrons. The van der Waals surface area contributed by atoms with E-state index in [0.717, 1.165) is 6.54 Å². The van der Waals surface area contributed by atoms with E-state index >= 15 is 0 Å². The lowest BCUT2D eigenvalue weighted by Gasteiger charge is -2.25. The third kappa shape index (κ3) is 6.53. The van der Waals surface area contributed by atoms with E-state index in [1.807, 2.05) is 0 Å². The normalized spacial score (nSPS) is 11.9. The summed E-state index contributed by atoms with van der Waals surface area (Å²) in [5.74, 6) is 2.48. The Kier molecular flexibility index (Phi) is 6.62. The number of nitrogens with one attached hydrogen (secondary N) is 1. The zero-order chi connectivity index (χ0) is 12.0. The number of carbonyl (C=O) groups excluding carboxylic acids is 1. The Hall–Kier alpha value is -0.530. The summed E-state index contributed by atoms with van der Waals surface area (Å²) in [4.78, 5) is 11.5. The highest BCUT2D eigenvalue weighted by Crippen LogP contribution is 2.19. The second-order valence-electron chi connectivity index (χ2n) is 5.55.